The molecule has 2 aromatic rings. The van der Waals surface area contributed by atoms with Gasteiger partial charge in [-0.3, -0.25) is 4.79 Å². The van der Waals surface area contributed by atoms with E-state index in [9.17, 15) is 9.90 Å². The molecular formula is C16H13N3O2. The minimum Gasteiger partial charge on any atom is -0.508 e. The summed E-state index contributed by atoms with van der Waals surface area (Å²) in [6, 6.07) is 11.6. The topological polar surface area (TPSA) is 86.0 Å². The molecule has 0 radical (unpaired) electrons. The Hall–Kier alpha value is -3.13. The molecule has 0 aliphatic carbocycles. The van der Waals surface area contributed by atoms with Crippen molar-refractivity contribution in [2.24, 2.45) is 0 Å². The van der Waals surface area contributed by atoms with Crippen molar-refractivity contribution in [2.45, 2.75) is 6.92 Å². The van der Waals surface area contributed by atoms with Crippen LogP contribution in [-0.4, -0.2) is 16.0 Å². The molecule has 104 valence electrons. The molecule has 0 aliphatic heterocycles. The molecular weight excluding hydrogens is 266 g/mol. The maximum Gasteiger partial charge on any atom is 0.267 e. The molecule has 0 spiro atoms. The van der Waals surface area contributed by atoms with Crippen molar-refractivity contribution in [1.82, 2.24) is 4.98 Å². The van der Waals surface area contributed by atoms with Crippen molar-refractivity contribution in [1.29, 1.82) is 5.26 Å². The Balaban J connectivity index is 2.19. The number of anilines is 1. The summed E-state index contributed by atoms with van der Waals surface area (Å²) in [5.74, 6) is -0.00500. The minimum atomic E-state index is -0.524. The summed E-state index contributed by atoms with van der Waals surface area (Å²) >= 11 is 0. The van der Waals surface area contributed by atoms with Crippen LogP contribution in [0.2, 0.25) is 0 Å². The molecule has 21 heavy (non-hydrogen) atoms. The van der Waals surface area contributed by atoms with E-state index in [1.807, 2.05) is 19.1 Å². The predicted octanol–water partition coefficient (Wildman–Crippen LogP) is 2.64. The van der Waals surface area contributed by atoms with E-state index in [1.54, 1.807) is 24.4 Å². The summed E-state index contributed by atoms with van der Waals surface area (Å²) in [5, 5.41) is 20.9. The van der Waals surface area contributed by atoms with Gasteiger partial charge in [0.2, 0.25) is 0 Å². The first-order valence-electron chi connectivity index (χ1n) is 6.23. The van der Waals surface area contributed by atoms with Crippen LogP contribution < -0.4 is 5.32 Å². The lowest BCUT2D eigenvalue weighted by Gasteiger charge is -2.04. The molecule has 2 rings (SSSR count). The normalized spacial score (nSPS) is 10.8. The third-order valence-corrected chi connectivity index (χ3v) is 2.73. The molecule has 5 nitrogen and oxygen atoms in total. The Morgan fingerprint density at radius 3 is 2.67 bits per heavy atom. The van der Waals surface area contributed by atoms with E-state index in [1.165, 1.54) is 18.2 Å². The first-order chi connectivity index (χ1) is 10.1. The zero-order valence-electron chi connectivity index (χ0n) is 11.4. The highest BCUT2D eigenvalue weighted by Gasteiger charge is 2.10. The lowest BCUT2D eigenvalue weighted by Crippen LogP contribution is -2.14. The van der Waals surface area contributed by atoms with Gasteiger partial charge in [-0.1, -0.05) is 12.1 Å². The molecule has 1 heterocycles. The van der Waals surface area contributed by atoms with E-state index < -0.39 is 5.91 Å². The molecule has 0 fully saturated rings. The number of phenols is 1. The van der Waals surface area contributed by atoms with Gasteiger partial charge in [0.25, 0.3) is 5.91 Å². The van der Waals surface area contributed by atoms with Crippen molar-refractivity contribution in [3.8, 4) is 11.8 Å². The van der Waals surface area contributed by atoms with Crippen LogP contribution in [0.25, 0.3) is 6.08 Å². The summed E-state index contributed by atoms with van der Waals surface area (Å²) in [7, 11) is 0. The summed E-state index contributed by atoms with van der Waals surface area (Å²) in [4.78, 5) is 16.0. The Labute approximate surface area is 122 Å². The van der Waals surface area contributed by atoms with Crippen LogP contribution in [0.3, 0.4) is 0 Å². The maximum atomic E-state index is 12.0. The number of pyridine rings is 1. The van der Waals surface area contributed by atoms with Gasteiger partial charge in [0, 0.05) is 6.20 Å². The van der Waals surface area contributed by atoms with Crippen LogP contribution in [0, 0.1) is 18.3 Å². The number of benzene rings is 1. The summed E-state index contributed by atoms with van der Waals surface area (Å²) in [5.41, 5.74) is 1.57. The fourth-order valence-corrected chi connectivity index (χ4v) is 1.67. The van der Waals surface area contributed by atoms with Crippen LogP contribution in [-0.2, 0) is 4.79 Å². The van der Waals surface area contributed by atoms with E-state index in [4.69, 9.17) is 5.26 Å². The maximum absolute atomic E-state index is 12.0. The average Bonchev–Trinajstić information content (AvgIpc) is 2.46. The predicted molar refractivity (Wildman–Crippen MR) is 79.3 cm³/mol. The lowest BCUT2D eigenvalue weighted by atomic mass is 10.1. The van der Waals surface area contributed by atoms with Gasteiger partial charge >= 0.3 is 0 Å². The molecule has 5 heteroatoms. The molecule has 1 aromatic carbocycles. The number of aromatic hydroxyl groups is 1. The number of nitriles is 1. The van der Waals surface area contributed by atoms with E-state index in [-0.39, 0.29) is 11.3 Å². The highest BCUT2D eigenvalue weighted by Crippen LogP contribution is 2.14. The van der Waals surface area contributed by atoms with Gasteiger partial charge in [-0.25, -0.2) is 4.98 Å². The minimum absolute atomic E-state index is 0.0380. The quantitative estimate of drug-likeness (QED) is 0.668. The van der Waals surface area contributed by atoms with Crippen LogP contribution in [0.1, 0.15) is 11.1 Å². The summed E-state index contributed by atoms with van der Waals surface area (Å²) < 4.78 is 0. The first-order valence-corrected chi connectivity index (χ1v) is 6.23. The number of hydrogen-bond acceptors (Lipinski definition) is 4. The van der Waals surface area contributed by atoms with Crippen LogP contribution in [0.4, 0.5) is 5.82 Å². The molecule has 0 saturated heterocycles. The van der Waals surface area contributed by atoms with Gasteiger partial charge in [-0.15, -0.1) is 0 Å². The number of hydrogen-bond donors (Lipinski definition) is 2. The standard InChI is InChI=1S/C16H13N3O2/c1-11-6-7-18-15(8-11)19-16(21)13(10-17)9-12-2-4-14(20)5-3-12/h2-9,20H,1H3,(H,18,19,21)/b13-9+. The number of nitrogens with zero attached hydrogens (tertiary/aromatic N) is 2. The number of carbonyl (C=O) groups excluding carboxylic acids is 1. The van der Waals surface area contributed by atoms with Crippen molar-refractivity contribution in [3.05, 3.63) is 59.3 Å². The van der Waals surface area contributed by atoms with Gasteiger partial charge in [-0.05, 0) is 48.4 Å². The smallest absolute Gasteiger partial charge is 0.267 e. The summed E-state index contributed by atoms with van der Waals surface area (Å²) in [6.07, 6.45) is 3.03. The van der Waals surface area contributed by atoms with Gasteiger partial charge in [-0.2, -0.15) is 5.26 Å². The Morgan fingerprint density at radius 2 is 2.05 bits per heavy atom. The monoisotopic (exact) mass is 279 g/mol. The van der Waals surface area contributed by atoms with Gasteiger partial charge < -0.3 is 10.4 Å². The largest absolute Gasteiger partial charge is 0.508 e. The fourth-order valence-electron chi connectivity index (χ4n) is 1.67. The van der Waals surface area contributed by atoms with Crippen molar-refractivity contribution < 1.29 is 9.90 Å². The summed E-state index contributed by atoms with van der Waals surface area (Å²) in [6.45, 7) is 1.88. The second-order valence-corrected chi connectivity index (χ2v) is 4.43. The average molecular weight is 279 g/mol. The number of amides is 1. The molecule has 0 saturated carbocycles. The molecule has 0 unspecified atom stereocenters. The first kappa shape index (κ1) is 14.3. The van der Waals surface area contributed by atoms with Crippen molar-refractivity contribution in [2.75, 3.05) is 5.32 Å². The molecule has 0 bridgehead atoms. The van der Waals surface area contributed by atoms with Crippen molar-refractivity contribution in [3.63, 3.8) is 0 Å². The Kier molecular flexibility index (Phi) is 4.32. The second-order valence-electron chi connectivity index (χ2n) is 4.43. The Bertz CT molecular complexity index is 728. The second kappa shape index (κ2) is 6.35. The number of phenolic OH excluding ortho intramolecular Hbond substituents is 1. The third kappa shape index (κ3) is 3.91. The highest BCUT2D eigenvalue weighted by molar-refractivity contribution is 6.09. The van der Waals surface area contributed by atoms with E-state index in [0.717, 1.165) is 5.56 Å². The SMILES string of the molecule is Cc1ccnc(NC(=O)/C(C#N)=C/c2ccc(O)cc2)c1. The zero-order valence-corrected chi connectivity index (χ0v) is 11.4. The van der Waals surface area contributed by atoms with Crippen LogP contribution in [0.5, 0.6) is 5.75 Å². The number of carbonyl (C=O) groups is 1. The number of rotatable bonds is 3. The molecule has 0 atom stereocenters. The van der Waals surface area contributed by atoms with Gasteiger partial charge in [0.1, 0.15) is 23.2 Å². The fraction of sp³-hybridized carbons (Fsp3) is 0.0625. The molecule has 0 aliphatic rings. The number of aryl methyl sites for hydroxylation is 1. The molecule has 2 N–H and O–H groups in total. The van der Waals surface area contributed by atoms with Crippen molar-refractivity contribution >= 4 is 17.8 Å². The van der Waals surface area contributed by atoms with E-state index in [0.29, 0.717) is 11.4 Å². The third-order valence-electron chi connectivity index (χ3n) is 2.73. The lowest BCUT2D eigenvalue weighted by molar-refractivity contribution is -0.112. The van der Waals surface area contributed by atoms with Crippen LogP contribution >= 0.6 is 0 Å². The van der Waals surface area contributed by atoms with Crippen LogP contribution in [0.15, 0.2) is 48.2 Å². The highest BCUT2D eigenvalue weighted by atomic mass is 16.3. The zero-order chi connectivity index (χ0) is 15.2. The van der Waals surface area contributed by atoms with Gasteiger partial charge in [0.05, 0.1) is 0 Å². The van der Waals surface area contributed by atoms with E-state index >= 15 is 0 Å². The van der Waals surface area contributed by atoms with Gasteiger partial charge in [0.15, 0.2) is 0 Å². The number of aromatic nitrogens is 1. The molecule has 1 amide bonds. The molecule has 1 aromatic heterocycles. The Morgan fingerprint density at radius 1 is 1.33 bits per heavy atom. The van der Waals surface area contributed by atoms with E-state index in [2.05, 4.69) is 10.3 Å². The number of nitrogens with one attached hydrogen (secondary N) is 1.